The van der Waals surface area contributed by atoms with Crippen molar-refractivity contribution in [3.05, 3.63) is 89.5 Å². The summed E-state index contributed by atoms with van der Waals surface area (Å²) in [5.74, 6) is 0.126. The third-order valence-corrected chi connectivity index (χ3v) is 7.12. The zero-order valence-electron chi connectivity index (χ0n) is 23.3. The Morgan fingerprint density at radius 2 is 1.16 bits per heavy atom. The van der Waals surface area contributed by atoms with Crippen molar-refractivity contribution < 1.29 is 14.3 Å². The van der Waals surface area contributed by atoms with Crippen LogP contribution in [-0.4, -0.2) is 18.2 Å². The fraction of sp³-hybridized carbons (Fsp3) is 0.429. The van der Waals surface area contributed by atoms with E-state index in [0.29, 0.717) is 23.5 Å². The van der Waals surface area contributed by atoms with Crippen LogP contribution in [0.15, 0.2) is 72.8 Å². The first-order valence-electron chi connectivity index (χ1n) is 14.6. The van der Waals surface area contributed by atoms with Gasteiger partial charge in [-0.15, -0.1) is 0 Å². The van der Waals surface area contributed by atoms with Crippen LogP contribution < -0.4 is 4.74 Å². The second-order valence-electron chi connectivity index (χ2n) is 10.2. The summed E-state index contributed by atoms with van der Waals surface area (Å²) in [6, 6.07) is 23.4. The number of ketones is 2. The van der Waals surface area contributed by atoms with Gasteiger partial charge in [0.2, 0.25) is 0 Å². The minimum atomic E-state index is -0.221. The predicted octanol–water partition coefficient (Wildman–Crippen LogP) is 9.67. The Hall–Kier alpha value is -3.20. The van der Waals surface area contributed by atoms with Crippen molar-refractivity contribution in [1.29, 1.82) is 0 Å². The van der Waals surface area contributed by atoms with Crippen LogP contribution in [0.4, 0.5) is 0 Å². The quantitative estimate of drug-likeness (QED) is 0.0968. The van der Waals surface area contributed by atoms with Crippen molar-refractivity contribution in [1.82, 2.24) is 0 Å². The highest BCUT2D eigenvalue weighted by Gasteiger charge is 2.17. The van der Waals surface area contributed by atoms with Crippen LogP contribution in [0.1, 0.15) is 111 Å². The summed E-state index contributed by atoms with van der Waals surface area (Å²) in [6.45, 7) is 4.62. The number of hydrogen-bond donors (Lipinski definition) is 0. The van der Waals surface area contributed by atoms with E-state index in [-0.39, 0.29) is 18.0 Å². The third kappa shape index (κ3) is 9.59. The number of para-hydroxylation sites is 1. The monoisotopic (exact) mass is 512 g/mol. The number of benzene rings is 3. The number of carbonyl (C=O) groups is 2. The van der Waals surface area contributed by atoms with Crippen molar-refractivity contribution in [2.45, 2.75) is 90.9 Å². The molecule has 0 aliphatic rings. The molecule has 0 saturated carbocycles. The van der Waals surface area contributed by atoms with E-state index < -0.39 is 0 Å². The van der Waals surface area contributed by atoms with Crippen molar-refractivity contribution in [2.24, 2.45) is 0 Å². The summed E-state index contributed by atoms with van der Waals surface area (Å²) >= 11 is 0. The van der Waals surface area contributed by atoms with E-state index in [0.717, 1.165) is 17.5 Å². The number of carbonyl (C=O) groups excluding carboxylic acids is 2. The number of Topliss-reactive ketones (excluding diaryl/α,β-unsaturated/α-hetero) is 2. The molecular formula is C35H44O3. The topological polar surface area (TPSA) is 43.4 Å². The van der Waals surface area contributed by atoms with Gasteiger partial charge in [0.1, 0.15) is 5.75 Å². The second-order valence-corrected chi connectivity index (χ2v) is 10.2. The fourth-order valence-electron chi connectivity index (χ4n) is 4.85. The molecule has 0 fully saturated rings. The number of aryl methyl sites for hydroxylation is 1. The smallest absolute Gasteiger partial charge is 0.174 e. The maximum atomic E-state index is 12.8. The normalized spacial score (nSPS) is 10.9. The summed E-state index contributed by atoms with van der Waals surface area (Å²) in [4.78, 5) is 25.5. The van der Waals surface area contributed by atoms with Crippen molar-refractivity contribution in [2.75, 3.05) is 6.61 Å². The summed E-state index contributed by atoms with van der Waals surface area (Å²) in [5.41, 5.74) is 4.59. The van der Waals surface area contributed by atoms with E-state index in [4.69, 9.17) is 4.74 Å². The van der Waals surface area contributed by atoms with E-state index in [2.05, 4.69) is 31.2 Å². The molecule has 0 bridgehead atoms. The average molecular weight is 513 g/mol. The number of hydrogen-bond acceptors (Lipinski definition) is 3. The molecule has 0 N–H and O–H groups in total. The Bertz CT molecular complexity index is 1110. The molecule has 0 radical (unpaired) electrons. The number of ether oxygens (including phenoxy) is 1. The van der Waals surface area contributed by atoms with E-state index in [1.165, 1.54) is 69.8 Å². The zero-order valence-corrected chi connectivity index (χ0v) is 23.3. The van der Waals surface area contributed by atoms with Gasteiger partial charge < -0.3 is 4.74 Å². The van der Waals surface area contributed by atoms with Gasteiger partial charge in [-0.2, -0.15) is 0 Å². The highest BCUT2D eigenvalue weighted by Crippen LogP contribution is 2.24. The lowest BCUT2D eigenvalue weighted by Crippen LogP contribution is -2.10. The average Bonchev–Trinajstić information content (AvgIpc) is 2.95. The lowest BCUT2D eigenvalue weighted by molar-refractivity contribution is 0.0892. The molecule has 3 aromatic carbocycles. The standard InChI is InChI=1S/C35H44O3/c1-3-5-6-7-8-9-10-11-12-13-16-28-19-21-29(22-20-28)30-23-25-31(26-24-30)33(36)27-34(37)32-17-14-15-18-35(32)38-4-2/h14-15,17-26H,3-13,16,27H2,1-2H3. The summed E-state index contributed by atoms with van der Waals surface area (Å²) in [7, 11) is 0. The minimum absolute atomic E-state index is 0.170. The van der Waals surface area contributed by atoms with Gasteiger partial charge in [-0.3, -0.25) is 9.59 Å². The van der Waals surface area contributed by atoms with Gasteiger partial charge in [-0.25, -0.2) is 0 Å². The van der Waals surface area contributed by atoms with Gasteiger partial charge in [-0.1, -0.05) is 125 Å². The van der Waals surface area contributed by atoms with Crippen molar-refractivity contribution in [3.8, 4) is 16.9 Å². The van der Waals surface area contributed by atoms with Crippen LogP contribution in [-0.2, 0) is 6.42 Å². The zero-order chi connectivity index (χ0) is 27.0. The molecule has 3 aromatic rings. The summed E-state index contributed by atoms with van der Waals surface area (Å²) in [6.07, 6.45) is 14.6. The molecule has 202 valence electrons. The number of rotatable bonds is 18. The largest absolute Gasteiger partial charge is 0.493 e. The van der Waals surface area contributed by atoms with Crippen LogP contribution in [0.3, 0.4) is 0 Å². The molecule has 0 spiro atoms. The molecule has 0 amide bonds. The molecule has 3 nitrogen and oxygen atoms in total. The highest BCUT2D eigenvalue weighted by molar-refractivity contribution is 6.14. The van der Waals surface area contributed by atoms with Crippen LogP contribution in [0.2, 0.25) is 0 Å². The molecule has 0 saturated heterocycles. The number of unbranched alkanes of at least 4 members (excludes halogenated alkanes) is 9. The van der Waals surface area contributed by atoms with Gasteiger partial charge in [-0.05, 0) is 48.6 Å². The Balaban J connectivity index is 1.43. The predicted molar refractivity (Wildman–Crippen MR) is 158 cm³/mol. The van der Waals surface area contributed by atoms with Crippen LogP contribution in [0.25, 0.3) is 11.1 Å². The molecule has 0 aliphatic heterocycles. The van der Waals surface area contributed by atoms with Gasteiger partial charge in [0.15, 0.2) is 11.6 Å². The fourth-order valence-corrected chi connectivity index (χ4v) is 4.85. The van der Waals surface area contributed by atoms with E-state index in [1.807, 2.05) is 37.3 Å². The van der Waals surface area contributed by atoms with Gasteiger partial charge >= 0.3 is 0 Å². The van der Waals surface area contributed by atoms with Crippen LogP contribution in [0.5, 0.6) is 5.75 Å². The minimum Gasteiger partial charge on any atom is -0.493 e. The van der Waals surface area contributed by atoms with Crippen LogP contribution >= 0.6 is 0 Å². The van der Waals surface area contributed by atoms with Crippen LogP contribution in [0, 0.1) is 0 Å². The van der Waals surface area contributed by atoms with Gasteiger partial charge in [0.25, 0.3) is 0 Å². The molecular weight excluding hydrogens is 468 g/mol. The molecule has 3 heteroatoms. The highest BCUT2D eigenvalue weighted by atomic mass is 16.5. The van der Waals surface area contributed by atoms with E-state index in [1.54, 1.807) is 18.2 Å². The summed E-state index contributed by atoms with van der Waals surface area (Å²) in [5, 5.41) is 0. The van der Waals surface area contributed by atoms with E-state index >= 15 is 0 Å². The molecule has 0 unspecified atom stereocenters. The lowest BCUT2D eigenvalue weighted by atomic mass is 9.97. The third-order valence-electron chi connectivity index (χ3n) is 7.12. The SMILES string of the molecule is CCCCCCCCCCCCc1ccc(-c2ccc(C(=O)CC(=O)c3ccccc3OCC)cc2)cc1. The van der Waals surface area contributed by atoms with E-state index in [9.17, 15) is 9.59 Å². The van der Waals surface area contributed by atoms with Crippen molar-refractivity contribution in [3.63, 3.8) is 0 Å². The maximum absolute atomic E-state index is 12.8. The molecule has 38 heavy (non-hydrogen) atoms. The lowest BCUT2D eigenvalue weighted by Gasteiger charge is -2.09. The van der Waals surface area contributed by atoms with Crippen molar-refractivity contribution >= 4 is 11.6 Å². The molecule has 0 atom stereocenters. The first kappa shape index (κ1) is 29.4. The summed E-state index contributed by atoms with van der Waals surface area (Å²) < 4.78 is 5.54. The Labute approximate surface area is 229 Å². The Morgan fingerprint density at radius 1 is 0.605 bits per heavy atom. The first-order valence-corrected chi connectivity index (χ1v) is 14.6. The molecule has 0 aromatic heterocycles. The Kier molecular flexibility index (Phi) is 12.8. The van der Waals surface area contributed by atoms with Gasteiger partial charge in [0.05, 0.1) is 18.6 Å². The van der Waals surface area contributed by atoms with Gasteiger partial charge in [0, 0.05) is 5.56 Å². The molecule has 0 aliphatic carbocycles. The second kappa shape index (κ2) is 16.6. The first-order chi connectivity index (χ1) is 18.6. The molecule has 3 rings (SSSR count). The maximum Gasteiger partial charge on any atom is 0.174 e. The molecule has 0 heterocycles. The Morgan fingerprint density at radius 3 is 1.76 bits per heavy atom.